The van der Waals surface area contributed by atoms with Crippen molar-refractivity contribution < 1.29 is 0 Å². The van der Waals surface area contributed by atoms with Crippen LogP contribution in [0.3, 0.4) is 0 Å². The van der Waals surface area contributed by atoms with Crippen molar-refractivity contribution in [1.29, 1.82) is 0 Å². The summed E-state index contributed by atoms with van der Waals surface area (Å²) in [5, 5.41) is 2.75. The lowest BCUT2D eigenvalue weighted by Gasteiger charge is -2.26. The third-order valence-corrected chi connectivity index (χ3v) is 7.18. The first kappa shape index (κ1) is 22.6. The normalized spacial score (nSPS) is 11.5. The number of rotatable bonds is 1. The summed E-state index contributed by atoms with van der Waals surface area (Å²) in [6.45, 7) is 7.37. The lowest BCUT2D eigenvalue weighted by molar-refractivity contribution is 1.45. The Balaban J connectivity index is 2.55. The maximum absolute atomic E-state index is 6.58. The maximum Gasteiger partial charge on any atom is 0.0790 e. The van der Waals surface area contributed by atoms with E-state index in [1.807, 2.05) is 20.8 Å². The predicted molar refractivity (Wildman–Crippen MR) is 150 cm³/mol. The van der Waals surface area contributed by atoms with E-state index in [0.717, 1.165) is 5.56 Å². The van der Waals surface area contributed by atoms with E-state index in [9.17, 15) is 0 Å². The van der Waals surface area contributed by atoms with Gasteiger partial charge in [-0.25, -0.2) is 0 Å². The molecule has 20 N–H and O–H groups in total. The molecule has 0 aliphatic heterocycles. The van der Waals surface area contributed by atoms with Gasteiger partial charge in [0, 0.05) is 21.9 Å². The molecular weight excluding hydrogens is 428 g/mol. The van der Waals surface area contributed by atoms with E-state index in [4.69, 9.17) is 57.3 Å². The monoisotopic (exact) mass is 460 g/mol. The van der Waals surface area contributed by atoms with Crippen molar-refractivity contribution in [2.24, 2.45) is 0 Å². The van der Waals surface area contributed by atoms with Crippen LogP contribution < -0.4 is 57.3 Å². The summed E-state index contributed by atoms with van der Waals surface area (Å²) < 4.78 is 0. The summed E-state index contributed by atoms with van der Waals surface area (Å²) in [7, 11) is 0. The summed E-state index contributed by atoms with van der Waals surface area (Å²) in [4.78, 5) is 0. The van der Waals surface area contributed by atoms with E-state index >= 15 is 0 Å². The van der Waals surface area contributed by atoms with Crippen LogP contribution in [0.15, 0.2) is 0 Å². The first-order chi connectivity index (χ1) is 15.7. The van der Waals surface area contributed by atoms with E-state index in [1.54, 1.807) is 6.92 Å². The summed E-state index contributed by atoms with van der Waals surface area (Å²) in [5.41, 5.74) is 71.2. The van der Waals surface area contributed by atoms with E-state index in [-0.39, 0.29) is 22.7 Å². The topological polar surface area (TPSA) is 260 Å². The lowest BCUT2D eigenvalue weighted by Crippen LogP contribution is -2.11. The van der Waals surface area contributed by atoms with Gasteiger partial charge in [-0.15, -0.1) is 0 Å². The molecule has 0 fully saturated rings. The molecule has 0 spiro atoms. The highest BCUT2D eigenvalue weighted by atomic mass is 14.8. The van der Waals surface area contributed by atoms with Crippen LogP contribution in [0.2, 0.25) is 0 Å². The number of fused-ring (bicyclic) bond motifs is 2. The Kier molecular flexibility index (Phi) is 4.62. The molecule has 10 nitrogen and oxygen atoms in total. The minimum Gasteiger partial charge on any atom is -0.397 e. The van der Waals surface area contributed by atoms with Gasteiger partial charge >= 0.3 is 0 Å². The number of aryl methyl sites for hydroxylation is 3. The van der Waals surface area contributed by atoms with Crippen LogP contribution >= 0.6 is 0 Å². The fraction of sp³-hybridized carbons (Fsp3) is 0.167. The molecule has 34 heavy (non-hydrogen) atoms. The first-order valence-electron chi connectivity index (χ1n) is 10.6. The zero-order valence-corrected chi connectivity index (χ0v) is 19.8. The van der Waals surface area contributed by atoms with Gasteiger partial charge in [0.05, 0.1) is 56.9 Å². The maximum atomic E-state index is 6.58. The van der Waals surface area contributed by atoms with Gasteiger partial charge in [-0.3, -0.25) is 0 Å². The fourth-order valence-corrected chi connectivity index (χ4v) is 5.01. The van der Waals surface area contributed by atoms with Crippen molar-refractivity contribution in [2.75, 3.05) is 57.3 Å². The molecule has 0 atom stereocenters. The molecule has 0 aromatic heterocycles. The van der Waals surface area contributed by atoms with Gasteiger partial charge in [-0.2, -0.15) is 0 Å². The predicted octanol–water partition coefficient (Wildman–Crippen LogP) is 2.72. The minimum atomic E-state index is 0.275. The second-order valence-corrected chi connectivity index (χ2v) is 8.89. The highest BCUT2D eigenvalue weighted by Gasteiger charge is 2.28. The third kappa shape index (κ3) is 2.50. The average Bonchev–Trinajstić information content (AvgIpc) is 2.81. The van der Waals surface area contributed by atoms with Gasteiger partial charge < -0.3 is 57.3 Å². The van der Waals surface area contributed by atoms with Crippen LogP contribution in [0.4, 0.5) is 56.9 Å². The Bertz CT molecular complexity index is 1470. The van der Waals surface area contributed by atoms with Crippen molar-refractivity contribution >= 4 is 78.4 Å². The summed E-state index contributed by atoms with van der Waals surface area (Å²) in [5.74, 6) is 0. The first-order valence-corrected chi connectivity index (χ1v) is 10.6. The van der Waals surface area contributed by atoms with Crippen molar-refractivity contribution in [2.45, 2.75) is 27.7 Å². The average molecular weight is 461 g/mol. The fourth-order valence-electron chi connectivity index (χ4n) is 5.01. The highest BCUT2D eigenvalue weighted by Crippen LogP contribution is 2.54. The number of anilines is 10. The van der Waals surface area contributed by atoms with E-state index in [1.165, 1.54) is 0 Å². The number of nitrogens with two attached hydrogens (primary N) is 10. The smallest absolute Gasteiger partial charge is 0.0790 e. The molecule has 0 heterocycles. The Morgan fingerprint density at radius 1 is 0.265 bits per heavy atom. The van der Waals surface area contributed by atoms with Gasteiger partial charge in [0.2, 0.25) is 0 Å². The van der Waals surface area contributed by atoms with Crippen LogP contribution in [0.5, 0.6) is 0 Å². The Morgan fingerprint density at radius 3 is 0.941 bits per heavy atom. The van der Waals surface area contributed by atoms with E-state index in [2.05, 4.69) is 0 Å². The molecule has 0 saturated carbocycles. The van der Waals surface area contributed by atoms with Gasteiger partial charge in [0.25, 0.3) is 0 Å². The van der Waals surface area contributed by atoms with Crippen LogP contribution in [0, 0.1) is 27.7 Å². The van der Waals surface area contributed by atoms with Crippen molar-refractivity contribution in [1.82, 2.24) is 0 Å². The molecule has 178 valence electrons. The largest absolute Gasteiger partial charge is 0.397 e. The number of nitrogen functional groups attached to an aromatic ring is 10. The van der Waals surface area contributed by atoms with Crippen molar-refractivity contribution in [3.05, 3.63) is 22.3 Å². The molecule has 0 radical (unpaired) electrons. The van der Waals surface area contributed by atoms with Gasteiger partial charge in [0.15, 0.2) is 0 Å². The molecule has 4 aromatic rings. The van der Waals surface area contributed by atoms with Gasteiger partial charge in [-0.1, -0.05) is 0 Å². The van der Waals surface area contributed by atoms with E-state index in [0.29, 0.717) is 83.5 Å². The molecule has 4 aromatic carbocycles. The quantitative estimate of drug-likeness (QED) is 0.146. The van der Waals surface area contributed by atoms with Crippen LogP contribution in [-0.2, 0) is 0 Å². The second kappa shape index (κ2) is 6.95. The van der Waals surface area contributed by atoms with Crippen LogP contribution in [0.25, 0.3) is 32.7 Å². The van der Waals surface area contributed by atoms with Crippen LogP contribution in [0.1, 0.15) is 22.3 Å². The number of hydrogen-bond acceptors (Lipinski definition) is 10. The molecule has 0 bridgehead atoms. The zero-order valence-electron chi connectivity index (χ0n) is 19.8. The standard InChI is InChI=1S/C24H32N10/c1-5-11-9(6(2)15(25)23(33)19(11)29)13(10-7(3)16(26)24(34)20(30)12(5)10)14-21(31)17(27)8(4)18(28)22(14)32/h25-34H2,1-4H3. The molecule has 0 aliphatic rings. The molecule has 0 unspecified atom stereocenters. The van der Waals surface area contributed by atoms with Crippen molar-refractivity contribution in [3.8, 4) is 11.1 Å². The molecule has 10 heteroatoms. The van der Waals surface area contributed by atoms with Gasteiger partial charge in [-0.05, 0) is 60.7 Å². The summed E-state index contributed by atoms with van der Waals surface area (Å²) in [6.07, 6.45) is 0. The molecular formula is C24H32N10. The number of benzene rings is 4. The molecule has 0 amide bonds. The van der Waals surface area contributed by atoms with Gasteiger partial charge in [0.1, 0.15) is 0 Å². The molecule has 0 saturated heterocycles. The summed E-state index contributed by atoms with van der Waals surface area (Å²) >= 11 is 0. The zero-order chi connectivity index (χ0) is 25.5. The lowest BCUT2D eigenvalue weighted by atomic mass is 9.81. The Morgan fingerprint density at radius 2 is 0.588 bits per heavy atom. The van der Waals surface area contributed by atoms with Crippen LogP contribution in [-0.4, -0.2) is 0 Å². The number of hydrogen-bond donors (Lipinski definition) is 10. The van der Waals surface area contributed by atoms with E-state index < -0.39 is 0 Å². The van der Waals surface area contributed by atoms with Crippen molar-refractivity contribution in [3.63, 3.8) is 0 Å². The molecule has 0 aliphatic carbocycles. The second-order valence-electron chi connectivity index (χ2n) is 8.89. The SMILES string of the molecule is Cc1c(N)c(N)c(-c2c3c(C)c(N)c(N)c(N)c3c(C)c3c(N)c(N)c(N)c(C)c23)c(N)c1N. The Labute approximate surface area is 197 Å². The summed E-state index contributed by atoms with van der Waals surface area (Å²) in [6, 6.07) is 0. The molecule has 4 rings (SSSR count). The minimum absolute atomic E-state index is 0.275. The third-order valence-electron chi connectivity index (χ3n) is 7.18. The highest BCUT2D eigenvalue weighted by molar-refractivity contribution is 6.28. The Hall–Kier alpha value is -4.60.